The zero-order valence-corrected chi connectivity index (χ0v) is 13.4. The molecule has 1 aromatic rings. The van der Waals surface area contributed by atoms with Crippen molar-refractivity contribution < 1.29 is 4.79 Å². The number of carbonyl (C=O) groups excluding carboxylic acids is 1. The van der Waals surface area contributed by atoms with Crippen LogP contribution in [0, 0.1) is 5.92 Å². The Balaban J connectivity index is 2.75. The van der Waals surface area contributed by atoms with E-state index in [2.05, 4.69) is 29.5 Å². The van der Waals surface area contributed by atoms with Crippen LogP contribution in [0.25, 0.3) is 0 Å². The lowest BCUT2D eigenvalue weighted by atomic mass is 9.95. The molecule has 0 radical (unpaired) electrons. The SMILES string of the molecule is CCNc1ncc(C(=O)NC(C)C(CC)CC)cc1Cl. The molecule has 0 aromatic carbocycles. The molecule has 2 N–H and O–H groups in total. The zero-order valence-electron chi connectivity index (χ0n) is 12.7. The molecule has 0 fully saturated rings. The fourth-order valence-corrected chi connectivity index (χ4v) is 2.50. The van der Waals surface area contributed by atoms with Crippen molar-refractivity contribution in [2.24, 2.45) is 5.92 Å². The topological polar surface area (TPSA) is 54.0 Å². The van der Waals surface area contributed by atoms with E-state index in [-0.39, 0.29) is 11.9 Å². The van der Waals surface area contributed by atoms with Gasteiger partial charge in [0.2, 0.25) is 0 Å². The van der Waals surface area contributed by atoms with Gasteiger partial charge < -0.3 is 10.6 Å². The second-order valence-electron chi connectivity index (χ2n) is 4.92. The number of nitrogens with zero attached hydrogens (tertiary/aromatic N) is 1. The lowest BCUT2D eigenvalue weighted by Crippen LogP contribution is -2.37. The molecular weight excluding hydrogens is 274 g/mol. The fourth-order valence-electron chi connectivity index (χ4n) is 2.26. The third kappa shape index (κ3) is 4.37. The van der Waals surface area contributed by atoms with Crippen LogP contribution in [0.3, 0.4) is 0 Å². The molecule has 0 saturated carbocycles. The van der Waals surface area contributed by atoms with E-state index in [1.807, 2.05) is 13.8 Å². The van der Waals surface area contributed by atoms with Gasteiger partial charge in [-0.2, -0.15) is 0 Å². The van der Waals surface area contributed by atoms with Gasteiger partial charge in [0.15, 0.2) is 0 Å². The van der Waals surface area contributed by atoms with E-state index in [1.54, 1.807) is 12.3 Å². The Labute approximate surface area is 126 Å². The molecule has 0 aliphatic carbocycles. The quantitative estimate of drug-likeness (QED) is 0.806. The van der Waals surface area contributed by atoms with Crippen molar-refractivity contribution in [2.75, 3.05) is 11.9 Å². The summed E-state index contributed by atoms with van der Waals surface area (Å²) in [4.78, 5) is 16.4. The number of aromatic nitrogens is 1. The van der Waals surface area contributed by atoms with Gasteiger partial charge in [-0.25, -0.2) is 4.98 Å². The van der Waals surface area contributed by atoms with Crippen LogP contribution in [0.1, 0.15) is 50.9 Å². The first kappa shape index (κ1) is 16.8. The summed E-state index contributed by atoms with van der Waals surface area (Å²) in [6.07, 6.45) is 3.66. The summed E-state index contributed by atoms with van der Waals surface area (Å²) in [5.41, 5.74) is 0.495. The molecule has 0 aliphatic rings. The van der Waals surface area contributed by atoms with E-state index in [4.69, 9.17) is 11.6 Å². The summed E-state index contributed by atoms with van der Waals surface area (Å²) in [6.45, 7) is 9.03. The minimum absolute atomic E-state index is 0.123. The molecule has 0 aliphatic heterocycles. The fraction of sp³-hybridized carbons (Fsp3) is 0.600. The highest BCUT2D eigenvalue weighted by molar-refractivity contribution is 6.33. The lowest BCUT2D eigenvalue weighted by Gasteiger charge is -2.22. The van der Waals surface area contributed by atoms with Gasteiger partial charge in [0.25, 0.3) is 5.91 Å². The zero-order chi connectivity index (χ0) is 15.1. The average Bonchev–Trinajstić information content (AvgIpc) is 2.42. The van der Waals surface area contributed by atoms with E-state index in [9.17, 15) is 4.79 Å². The van der Waals surface area contributed by atoms with Crippen molar-refractivity contribution in [3.05, 3.63) is 22.8 Å². The van der Waals surface area contributed by atoms with Gasteiger partial charge in [0.1, 0.15) is 5.82 Å². The minimum Gasteiger partial charge on any atom is -0.369 e. The largest absolute Gasteiger partial charge is 0.369 e. The van der Waals surface area contributed by atoms with Crippen LogP contribution in [0.15, 0.2) is 12.3 Å². The van der Waals surface area contributed by atoms with Crippen LogP contribution >= 0.6 is 11.6 Å². The van der Waals surface area contributed by atoms with Gasteiger partial charge in [0.05, 0.1) is 10.6 Å². The summed E-state index contributed by atoms with van der Waals surface area (Å²) in [5.74, 6) is 0.976. The summed E-state index contributed by atoms with van der Waals surface area (Å²) < 4.78 is 0. The van der Waals surface area contributed by atoms with Crippen molar-refractivity contribution in [1.29, 1.82) is 0 Å². The highest BCUT2D eigenvalue weighted by atomic mass is 35.5. The van der Waals surface area contributed by atoms with Crippen LogP contribution in [-0.2, 0) is 0 Å². The van der Waals surface area contributed by atoms with E-state index >= 15 is 0 Å². The molecule has 1 rings (SSSR count). The minimum atomic E-state index is -0.123. The van der Waals surface area contributed by atoms with Crippen LogP contribution in [-0.4, -0.2) is 23.5 Å². The van der Waals surface area contributed by atoms with Crippen LogP contribution in [0.4, 0.5) is 5.82 Å². The van der Waals surface area contributed by atoms with Crippen LogP contribution < -0.4 is 10.6 Å². The number of carbonyl (C=O) groups is 1. The molecule has 1 aromatic heterocycles. The summed E-state index contributed by atoms with van der Waals surface area (Å²) in [6, 6.07) is 1.80. The number of rotatable bonds is 7. The van der Waals surface area contributed by atoms with Crippen molar-refractivity contribution >= 4 is 23.3 Å². The van der Waals surface area contributed by atoms with E-state index < -0.39 is 0 Å². The van der Waals surface area contributed by atoms with Gasteiger partial charge in [-0.15, -0.1) is 0 Å². The lowest BCUT2D eigenvalue weighted by molar-refractivity contribution is 0.0925. The smallest absolute Gasteiger partial charge is 0.253 e. The number of amides is 1. The number of hydrogen-bond donors (Lipinski definition) is 2. The molecule has 0 spiro atoms. The van der Waals surface area contributed by atoms with E-state index in [0.29, 0.717) is 22.3 Å². The van der Waals surface area contributed by atoms with Crippen molar-refractivity contribution in [3.63, 3.8) is 0 Å². The molecule has 1 amide bonds. The first-order valence-corrected chi connectivity index (χ1v) is 7.61. The van der Waals surface area contributed by atoms with Gasteiger partial charge >= 0.3 is 0 Å². The monoisotopic (exact) mass is 297 g/mol. The molecule has 1 unspecified atom stereocenters. The Bertz CT molecular complexity index is 447. The summed E-state index contributed by atoms with van der Waals surface area (Å²) >= 11 is 6.10. The third-order valence-corrected chi connectivity index (χ3v) is 3.85. The summed E-state index contributed by atoms with van der Waals surface area (Å²) in [7, 11) is 0. The number of halogens is 1. The molecule has 112 valence electrons. The summed E-state index contributed by atoms with van der Waals surface area (Å²) in [5, 5.41) is 6.53. The molecule has 0 bridgehead atoms. The van der Waals surface area contributed by atoms with Gasteiger partial charge in [0, 0.05) is 18.8 Å². The van der Waals surface area contributed by atoms with Gasteiger partial charge in [-0.05, 0) is 25.8 Å². The molecule has 5 heteroatoms. The van der Waals surface area contributed by atoms with Crippen LogP contribution in [0.5, 0.6) is 0 Å². The molecule has 1 heterocycles. The maximum atomic E-state index is 12.2. The highest BCUT2D eigenvalue weighted by Crippen LogP contribution is 2.20. The first-order chi connectivity index (χ1) is 9.53. The van der Waals surface area contributed by atoms with Crippen LogP contribution in [0.2, 0.25) is 5.02 Å². The number of pyridine rings is 1. The standard InChI is InChI=1S/C15H24ClN3O/c1-5-11(6-2)10(4)19-15(20)12-8-13(16)14(17-7-3)18-9-12/h8-11H,5-7H2,1-4H3,(H,17,18)(H,19,20). The molecule has 4 nitrogen and oxygen atoms in total. The molecule has 1 atom stereocenters. The first-order valence-electron chi connectivity index (χ1n) is 7.23. The molecule has 20 heavy (non-hydrogen) atoms. The Hall–Kier alpha value is -1.29. The van der Waals surface area contributed by atoms with Crippen molar-refractivity contribution in [3.8, 4) is 0 Å². The Morgan fingerprint density at radius 2 is 2.00 bits per heavy atom. The van der Waals surface area contributed by atoms with E-state index in [0.717, 1.165) is 19.4 Å². The Morgan fingerprint density at radius 1 is 1.35 bits per heavy atom. The number of nitrogens with one attached hydrogen (secondary N) is 2. The number of anilines is 1. The van der Waals surface area contributed by atoms with Crippen molar-refractivity contribution in [2.45, 2.75) is 46.6 Å². The Morgan fingerprint density at radius 3 is 2.50 bits per heavy atom. The van der Waals surface area contributed by atoms with Crippen molar-refractivity contribution in [1.82, 2.24) is 10.3 Å². The second-order valence-corrected chi connectivity index (χ2v) is 5.33. The average molecular weight is 298 g/mol. The van der Waals surface area contributed by atoms with Gasteiger partial charge in [-0.1, -0.05) is 38.3 Å². The maximum Gasteiger partial charge on any atom is 0.253 e. The predicted molar refractivity (Wildman–Crippen MR) is 84.4 cm³/mol. The second kappa shape index (κ2) is 8.10. The third-order valence-electron chi connectivity index (χ3n) is 3.56. The van der Waals surface area contributed by atoms with E-state index in [1.165, 1.54) is 0 Å². The molecular formula is C15H24ClN3O. The normalized spacial score (nSPS) is 12.3. The Kier molecular flexibility index (Phi) is 6.79. The maximum absolute atomic E-state index is 12.2. The highest BCUT2D eigenvalue weighted by Gasteiger charge is 2.17. The van der Waals surface area contributed by atoms with Gasteiger partial charge in [-0.3, -0.25) is 4.79 Å². The predicted octanol–water partition coefficient (Wildman–Crippen LogP) is 3.72. The molecule has 0 saturated heterocycles. The number of hydrogen-bond acceptors (Lipinski definition) is 3.